The zero-order valence-corrected chi connectivity index (χ0v) is 15.4. The van der Waals surface area contributed by atoms with Crippen molar-refractivity contribution in [3.05, 3.63) is 64.7 Å². The minimum Gasteiger partial charge on any atom is -0.368 e. The molecule has 0 radical (unpaired) electrons. The highest BCUT2D eigenvalue weighted by atomic mass is 32.2. The van der Waals surface area contributed by atoms with Crippen LogP contribution in [0.25, 0.3) is 0 Å². The highest BCUT2D eigenvalue weighted by Gasteiger charge is 2.25. The van der Waals surface area contributed by atoms with E-state index < -0.39 is 4.92 Å². The zero-order valence-electron chi connectivity index (χ0n) is 14.6. The molecule has 1 fully saturated rings. The van der Waals surface area contributed by atoms with Crippen molar-refractivity contribution in [2.45, 2.75) is 17.1 Å². The first-order valence-electron chi connectivity index (χ1n) is 8.54. The van der Waals surface area contributed by atoms with Gasteiger partial charge in [0.25, 0.3) is 5.69 Å². The Morgan fingerprint density at radius 1 is 1.04 bits per heavy atom. The minimum atomic E-state index is -0.421. The van der Waals surface area contributed by atoms with E-state index in [1.165, 1.54) is 29.6 Å². The molecule has 1 atom stereocenters. The lowest BCUT2D eigenvalue weighted by atomic mass is 10.2. The van der Waals surface area contributed by atoms with Crippen molar-refractivity contribution in [1.82, 2.24) is 4.90 Å². The first kappa shape index (κ1) is 18.3. The summed E-state index contributed by atoms with van der Waals surface area (Å²) in [4.78, 5) is 28.0. The van der Waals surface area contributed by atoms with E-state index in [9.17, 15) is 14.9 Å². The van der Waals surface area contributed by atoms with E-state index in [0.29, 0.717) is 13.1 Å². The van der Waals surface area contributed by atoms with Crippen molar-refractivity contribution in [3.8, 4) is 0 Å². The number of rotatable bonds is 5. The summed E-state index contributed by atoms with van der Waals surface area (Å²) in [6.45, 7) is 4.95. The monoisotopic (exact) mass is 371 g/mol. The van der Waals surface area contributed by atoms with Gasteiger partial charge in [0.2, 0.25) is 5.91 Å². The molecular weight excluding hydrogens is 350 g/mol. The molecule has 1 heterocycles. The molecule has 1 amide bonds. The number of nitrogens with zero attached hydrogens (tertiary/aromatic N) is 3. The predicted molar refractivity (Wildman–Crippen MR) is 104 cm³/mol. The van der Waals surface area contributed by atoms with Gasteiger partial charge >= 0.3 is 0 Å². The summed E-state index contributed by atoms with van der Waals surface area (Å²) >= 11 is 1.44. The number of nitro groups is 1. The molecule has 7 heteroatoms. The van der Waals surface area contributed by atoms with Gasteiger partial charge in [-0.2, -0.15) is 0 Å². The average molecular weight is 371 g/mol. The van der Waals surface area contributed by atoms with Gasteiger partial charge in [-0.15, -0.1) is 11.8 Å². The second-order valence-corrected chi connectivity index (χ2v) is 7.57. The van der Waals surface area contributed by atoms with Crippen molar-refractivity contribution in [2.24, 2.45) is 0 Å². The van der Waals surface area contributed by atoms with Crippen molar-refractivity contribution < 1.29 is 9.72 Å². The summed E-state index contributed by atoms with van der Waals surface area (Å²) in [5, 5.41) is 10.5. The third kappa shape index (κ3) is 4.35. The van der Waals surface area contributed by atoms with Crippen LogP contribution in [0.5, 0.6) is 0 Å². The van der Waals surface area contributed by atoms with Gasteiger partial charge in [-0.1, -0.05) is 18.2 Å². The van der Waals surface area contributed by atoms with Crippen LogP contribution in [-0.4, -0.2) is 47.2 Å². The van der Waals surface area contributed by atoms with Gasteiger partial charge in [0.1, 0.15) is 0 Å². The Balaban J connectivity index is 1.53. The lowest BCUT2D eigenvalue weighted by Crippen LogP contribution is -2.50. The molecule has 0 spiro atoms. The Morgan fingerprint density at radius 3 is 2.23 bits per heavy atom. The van der Waals surface area contributed by atoms with Gasteiger partial charge in [0.15, 0.2) is 0 Å². The molecule has 1 aliphatic heterocycles. The quantitative estimate of drug-likeness (QED) is 0.458. The van der Waals surface area contributed by atoms with Crippen LogP contribution in [0.4, 0.5) is 11.4 Å². The molecule has 1 saturated heterocycles. The lowest BCUT2D eigenvalue weighted by molar-refractivity contribution is -0.384. The van der Waals surface area contributed by atoms with E-state index in [1.54, 1.807) is 12.1 Å². The van der Waals surface area contributed by atoms with Gasteiger partial charge in [0, 0.05) is 48.9 Å². The summed E-state index contributed by atoms with van der Waals surface area (Å²) in [6, 6.07) is 16.6. The van der Waals surface area contributed by atoms with Gasteiger partial charge in [-0.25, -0.2) is 0 Å². The highest BCUT2D eigenvalue weighted by Crippen LogP contribution is 2.27. The molecule has 2 aromatic rings. The molecule has 0 saturated carbocycles. The average Bonchev–Trinajstić information content (AvgIpc) is 2.68. The molecule has 0 unspecified atom stereocenters. The Kier molecular flexibility index (Phi) is 5.78. The van der Waals surface area contributed by atoms with E-state index in [4.69, 9.17) is 0 Å². The highest BCUT2D eigenvalue weighted by molar-refractivity contribution is 8.00. The van der Waals surface area contributed by atoms with Gasteiger partial charge in [0.05, 0.1) is 10.2 Å². The SMILES string of the molecule is C[C@H](Sc1ccc([N+](=O)[O-])cc1)C(=O)N1CCN(c2ccccc2)CC1. The van der Waals surface area contributed by atoms with E-state index in [2.05, 4.69) is 17.0 Å². The van der Waals surface area contributed by atoms with Crippen LogP contribution < -0.4 is 4.90 Å². The van der Waals surface area contributed by atoms with E-state index >= 15 is 0 Å². The molecule has 0 aromatic heterocycles. The smallest absolute Gasteiger partial charge is 0.269 e. The number of piperazine rings is 1. The van der Waals surface area contributed by atoms with Gasteiger partial charge in [-0.05, 0) is 31.2 Å². The fraction of sp³-hybridized carbons (Fsp3) is 0.316. The number of non-ortho nitro benzene ring substituents is 1. The second kappa shape index (κ2) is 8.23. The molecule has 3 rings (SSSR count). The maximum Gasteiger partial charge on any atom is 0.269 e. The molecule has 136 valence electrons. The van der Waals surface area contributed by atoms with Crippen molar-refractivity contribution in [2.75, 3.05) is 31.1 Å². The fourth-order valence-electron chi connectivity index (χ4n) is 2.98. The van der Waals surface area contributed by atoms with E-state index in [1.807, 2.05) is 30.0 Å². The second-order valence-electron chi connectivity index (χ2n) is 6.16. The van der Waals surface area contributed by atoms with Crippen LogP contribution in [0.15, 0.2) is 59.5 Å². The number of amides is 1. The van der Waals surface area contributed by atoms with Crippen LogP contribution in [-0.2, 0) is 4.79 Å². The van der Waals surface area contributed by atoms with Crippen LogP contribution in [0.2, 0.25) is 0 Å². The van der Waals surface area contributed by atoms with Crippen LogP contribution in [0.1, 0.15) is 6.92 Å². The summed E-state index contributed by atoms with van der Waals surface area (Å²) in [5.74, 6) is 0.112. The third-order valence-electron chi connectivity index (χ3n) is 4.42. The Bertz CT molecular complexity index is 759. The Hall–Kier alpha value is -2.54. The van der Waals surface area contributed by atoms with Crippen molar-refractivity contribution >= 4 is 29.0 Å². The fourth-order valence-corrected chi connectivity index (χ4v) is 3.93. The molecule has 26 heavy (non-hydrogen) atoms. The lowest BCUT2D eigenvalue weighted by Gasteiger charge is -2.37. The molecule has 6 nitrogen and oxygen atoms in total. The first-order chi connectivity index (χ1) is 12.5. The topological polar surface area (TPSA) is 66.7 Å². The number of carbonyl (C=O) groups is 1. The maximum atomic E-state index is 12.7. The Morgan fingerprint density at radius 2 is 1.65 bits per heavy atom. The van der Waals surface area contributed by atoms with Gasteiger partial charge < -0.3 is 9.80 Å². The summed E-state index contributed by atoms with van der Waals surface area (Å²) in [7, 11) is 0. The summed E-state index contributed by atoms with van der Waals surface area (Å²) in [5.41, 5.74) is 1.25. The standard InChI is InChI=1S/C19H21N3O3S/c1-15(26-18-9-7-17(8-10-18)22(24)25)19(23)21-13-11-20(12-14-21)16-5-3-2-4-6-16/h2-10,15H,11-14H2,1H3/t15-/m0/s1. The predicted octanol–water partition coefficient (Wildman–Crippen LogP) is 3.42. The van der Waals surface area contributed by atoms with Crippen LogP contribution in [0.3, 0.4) is 0 Å². The molecular formula is C19H21N3O3S. The van der Waals surface area contributed by atoms with Crippen molar-refractivity contribution in [3.63, 3.8) is 0 Å². The number of para-hydroxylation sites is 1. The molecule has 2 aromatic carbocycles. The molecule has 0 N–H and O–H groups in total. The zero-order chi connectivity index (χ0) is 18.5. The largest absolute Gasteiger partial charge is 0.368 e. The third-order valence-corrected chi connectivity index (χ3v) is 5.52. The number of nitro benzene ring substituents is 1. The number of hydrogen-bond acceptors (Lipinski definition) is 5. The summed E-state index contributed by atoms with van der Waals surface area (Å²) in [6.07, 6.45) is 0. The first-order valence-corrected chi connectivity index (χ1v) is 9.42. The Labute approximate surface area is 156 Å². The van der Waals surface area contributed by atoms with E-state index in [0.717, 1.165) is 18.0 Å². The number of carbonyl (C=O) groups excluding carboxylic acids is 1. The summed E-state index contributed by atoms with van der Waals surface area (Å²) < 4.78 is 0. The number of hydrogen-bond donors (Lipinski definition) is 0. The molecule has 1 aliphatic rings. The van der Waals surface area contributed by atoms with Crippen molar-refractivity contribution in [1.29, 1.82) is 0 Å². The number of benzene rings is 2. The maximum absolute atomic E-state index is 12.7. The van der Waals surface area contributed by atoms with Crippen LogP contribution in [0, 0.1) is 10.1 Å². The number of anilines is 1. The molecule has 0 aliphatic carbocycles. The van der Waals surface area contributed by atoms with Gasteiger partial charge in [-0.3, -0.25) is 14.9 Å². The number of thioether (sulfide) groups is 1. The van der Waals surface area contributed by atoms with E-state index in [-0.39, 0.29) is 16.8 Å². The minimum absolute atomic E-state index is 0.0605. The van der Waals surface area contributed by atoms with Crippen LogP contribution >= 0.6 is 11.8 Å². The normalized spacial score (nSPS) is 15.6. The molecule has 0 bridgehead atoms.